The van der Waals surface area contributed by atoms with E-state index in [1.807, 2.05) is 42.5 Å². The van der Waals surface area contributed by atoms with Crippen LogP contribution in [-0.2, 0) is 47.7 Å². The number of ether oxygens (including phenoxy) is 5. The molecule has 44 heavy (non-hydrogen) atoms. The fourth-order valence-corrected chi connectivity index (χ4v) is 6.93. The molecule has 2 aromatic carbocycles. The molecule has 11 nitrogen and oxygen atoms in total. The summed E-state index contributed by atoms with van der Waals surface area (Å²) in [5.41, 5.74) is 2.34. The third-order valence-electron chi connectivity index (χ3n) is 7.33. The predicted octanol–water partition coefficient (Wildman–Crippen LogP) is 3.96. The highest BCUT2D eigenvalue weighted by atomic mass is 32.2. The Morgan fingerprint density at radius 1 is 0.773 bits per heavy atom. The third kappa shape index (κ3) is 8.38. The molecule has 0 saturated carbocycles. The smallest absolute Gasteiger partial charge is 0.303 e. The van der Waals surface area contributed by atoms with Gasteiger partial charge in [0.2, 0.25) is 5.91 Å². The number of rotatable bonds is 9. The van der Waals surface area contributed by atoms with Crippen molar-refractivity contribution >= 4 is 41.5 Å². The number of carbonyl (C=O) groups is 5. The largest absolute Gasteiger partial charge is 0.463 e. The summed E-state index contributed by atoms with van der Waals surface area (Å²) in [6, 6.07) is 15.9. The predicted molar refractivity (Wildman–Crippen MR) is 158 cm³/mol. The lowest BCUT2D eigenvalue weighted by Gasteiger charge is -2.44. The first-order valence-electron chi connectivity index (χ1n) is 14.4. The first-order valence-corrected chi connectivity index (χ1v) is 15.2. The van der Waals surface area contributed by atoms with E-state index in [1.165, 1.54) is 46.4 Å². The Balaban J connectivity index is 1.67. The fourth-order valence-electron chi connectivity index (χ4n) is 5.75. The molecule has 1 N–H and O–H groups in total. The standard InChI is InChI=1S/C32H37NO10S/c1-17(34)33-27-14-13-24(25-11-6-7-12-26(25)27)22-9-8-10-23(15-22)44-32-31(42-21(5)38)30(41-20(4)37)29(40-19(3)36)28(43-32)16-39-18(2)35/h6-12,15,24,27-32H,13-14,16H2,1-5H3,(H,33,34)/t24?,27-,28+,29+,30-,31+,32-/m0/s1. The average Bonchev–Trinajstić information content (AvgIpc) is 2.94. The Hall–Kier alpha value is -3.90. The van der Waals surface area contributed by atoms with Gasteiger partial charge in [-0.25, -0.2) is 0 Å². The molecule has 0 bridgehead atoms. The van der Waals surface area contributed by atoms with Gasteiger partial charge in [-0.1, -0.05) is 48.2 Å². The highest BCUT2D eigenvalue weighted by Gasteiger charge is 2.52. The van der Waals surface area contributed by atoms with Crippen molar-refractivity contribution in [3.63, 3.8) is 0 Å². The van der Waals surface area contributed by atoms with Gasteiger partial charge in [-0.3, -0.25) is 24.0 Å². The average molecular weight is 628 g/mol. The van der Waals surface area contributed by atoms with Crippen molar-refractivity contribution in [2.45, 2.75) is 94.2 Å². The molecule has 12 heteroatoms. The van der Waals surface area contributed by atoms with Crippen molar-refractivity contribution in [1.29, 1.82) is 0 Å². The molecule has 2 aromatic rings. The highest BCUT2D eigenvalue weighted by molar-refractivity contribution is 7.99. The van der Waals surface area contributed by atoms with Crippen molar-refractivity contribution in [2.75, 3.05) is 6.61 Å². The van der Waals surface area contributed by atoms with E-state index in [1.54, 1.807) is 0 Å². The van der Waals surface area contributed by atoms with Gasteiger partial charge in [-0.15, -0.1) is 0 Å². The summed E-state index contributed by atoms with van der Waals surface area (Å²) in [5, 5.41) is 3.05. The van der Waals surface area contributed by atoms with Crippen LogP contribution < -0.4 is 5.32 Å². The van der Waals surface area contributed by atoms with Gasteiger partial charge in [0.1, 0.15) is 18.1 Å². The second-order valence-corrected chi connectivity index (χ2v) is 11.9. The monoisotopic (exact) mass is 627 g/mol. The van der Waals surface area contributed by atoms with Gasteiger partial charge in [-0.05, 0) is 41.7 Å². The van der Waals surface area contributed by atoms with E-state index in [-0.39, 0.29) is 24.5 Å². The third-order valence-corrected chi connectivity index (χ3v) is 8.47. The molecule has 7 atom stereocenters. The number of esters is 4. The minimum Gasteiger partial charge on any atom is -0.463 e. The Kier molecular flexibility index (Phi) is 11.0. The van der Waals surface area contributed by atoms with Crippen LogP contribution in [0.15, 0.2) is 53.4 Å². The highest BCUT2D eigenvalue weighted by Crippen LogP contribution is 2.43. The molecule has 1 aliphatic carbocycles. The number of thioether (sulfide) groups is 1. The van der Waals surface area contributed by atoms with Crippen LogP contribution in [-0.4, -0.2) is 66.2 Å². The van der Waals surface area contributed by atoms with Gasteiger partial charge in [0.15, 0.2) is 18.3 Å². The summed E-state index contributed by atoms with van der Waals surface area (Å²) in [5.74, 6) is -2.60. The van der Waals surface area contributed by atoms with Gasteiger partial charge < -0.3 is 29.0 Å². The van der Waals surface area contributed by atoms with Crippen LogP contribution >= 0.6 is 11.8 Å². The molecular formula is C32H37NO10S. The van der Waals surface area contributed by atoms with Crippen LogP contribution in [0.4, 0.5) is 0 Å². The van der Waals surface area contributed by atoms with Gasteiger partial charge in [0.25, 0.3) is 0 Å². The topological polar surface area (TPSA) is 144 Å². The summed E-state index contributed by atoms with van der Waals surface area (Å²) < 4.78 is 28.1. The molecule has 1 heterocycles. The zero-order chi connectivity index (χ0) is 32.0. The molecule has 0 aromatic heterocycles. The number of hydrogen-bond acceptors (Lipinski definition) is 11. The Labute approximate surface area is 260 Å². The van der Waals surface area contributed by atoms with Crippen molar-refractivity contribution in [3.05, 3.63) is 65.2 Å². The van der Waals surface area contributed by atoms with Gasteiger partial charge in [0, 0.05) is 45.4 Å². The summed E-state index contributed by atoms with van der Waals surface area (Å²) >= 11 is 1.24. The molecule has 236 valence electrons. The van der Waals surface area contributed by atoms with E-state index < -0.39 is 53.7 Å². The van der Waals surface area contributed by atoms with Crippen molar-refractivity contribution in [1.82, 2.24) is 5.32 Å². The number of fused-ring (bicyclic) bond motifs is 1. The molecule has 1 saturated heterocycles. The number of hydrogen-bond donors (Lipinski definition) is 1. The second-order valence-electron chi connectivity index (χ2n) is 10.8. The van der Waals surface area contributed by atoms with Crippen LogP contribution in [0.1, 0.15) is 76.1 Å². The van der Waals surface area contributed by atoms with Crippen LogP contribution in [0.3, 0.4) is 0 Å². The fraction of sp³-hybridized carbons (Fsp3) is 0.469. The molecule has 1 amide bonds. The SMILES string of the molecule is CC(=O)N[C@H]1CCC(c2cccc(S[C@@H]3O[C@H](COC(C)=O)[C@@H](OC(C)=O)[C@H](OC(C)=O)[C@H]3OC(C)=O)c2)c2ccccc21. The molecule has 1 unspecified atom stereocenters. The van der Waals surface area contributed by atoms with E-state index in [0.29, 0.717) is 0 Å². The minimum atomic E-state index is -1.23. The van der Waals surface area contributed by atoms with Crippen molar-refractivity contribution < 1.29 is 47.7 Å². The van der Waals surface area contributed by atoms with Gasteiger partial charge in [-0.2, -0.15) is 0 Å². The molecule has 1 fully saturated rings. The maximum absolute atomic E-state index is 12.2. The van der Waals surface area contributed by atoms with Crippen LogP contribution in [0.25, 0.3) is 0 Å². The molecule has 0 spiro atoms. The zero-order valence-corrected chi connectivity index (χ0v) is 26.1. The summed E-state index contributed by atoms with van der Waals surface area (Å²) in [4.78, 5) is 60.6. The number of amides is 1. The molecular weight excluding hydrogens is 590 g/mol. The molecule has 2 aliphatic rings. The summed E-state index contributed by atoms with van der Waals surface area (Å²) in [6.45, 7) is 6.05. The maximum Gasteiger partial charge on any atom is 0.303 e. The maximum atomic E-state index is 12.2. The van der Waals surface area contributed by atoms with E-state index in [2.05, 4.69) is 11.4 Å². The normalized spacial score (nSPS) is 26.0. The zero-order valence-electron chi connectivity index (χ0n) is 25.3. The number of carbonyl (C=O) groups excluding carboxylic acids is 5. The van der Waals surface area contributed by atoms with Gasteiger partial charge in [0.05, 0.1) is 6.04 Å². The van der Waals surface area contributed by atoms with Crippen LogP contribution in [0.5, 0.6) is 0 Å². The lowest BCUT2D eigenvalue weighted by atomic mass is 9.77. The lowest BCUT2D eigenvalue weighted by molar-refractivity contribution is -0.237. The van der Waals surface area contributed by atoms with E-state index in [9.17, 15) is 24.0 Å². The quantitative estimate of drug-likeness (QED) is 0.319. The summed E-state index contributed by atoms with van der Waals surface area (Å²) in [6.07, 6.45) is -3.02. The van der Waals surface area contributed by atoms with Crippen molar-refractivity contribution in [2.24, 2.45) is 0 Å². The van der Waals surface area contributed by atoms with Crippen LogP contribution in [0, 0.1) is 0 Å². The number of benzene rings is 2. The Morgan fingerprint density at radius 3 is 2.05 bits per heavy atom. The van der Waals surface area contributed by atoms with E-state index in [4.69, 9.17) is 23.7 Å². The second kappa shape index (κ2) is 14.7. The first-order chi connectivity index (χ1) is 20.9. The number of nitrogens with one attached hydrogen (secondary N) is 1. The summed E-state index contributed by atoms with van der Waals surface area (Å²) in [7, 11) is 0. The molecule has 0 radical (unpaired) electrons. The minimum absolute atomic E-state index is 0.0600. The van der Waals surface area contributed by atoms with Crippen LogP contribution in [0.2, 0.25) is 0 Å². The lowest BCUT2D eigenvalue weighted by Crippen LogP contribution is -2.61. The van der Waals surface area contributed by atoms with Crippen molar-refractivity contribution in [3.8, 4) is 0 Å². The van der Waals surface area contributed by atoms with Gasteiger partial charge >= 0.3 is 23.9 Å². The molecule has 4 rings (SSSR count). The Morgan fingerprint density at radius 2 is 1.41 bits per heavy atom. The molecule has 1 aliphatic heterocycles. The Bertz CT molecular complexity index is 1400. The van der Waals surface area contributed by atoms with E-state index in [0.717, 1.165) is 34.4 Å². The first kappa shape index (κ1) is 33.0. The van der Waals surface area contributed by atoms with E-state index >= 15 is 0 Å².